The van der Waals surface area contributed by atoms with E-state index in [1.54, 1.807) is 0 Å². The van der Waals surface area contributed by atoms with Crippen molar-refractivity contribution in [3.05, 3.63) is 0 Å². The fourth-order valence-corrected chi connectivity index (χ4v) is 5.37. The lowest BCUT2D eigenvalue weighted by Crippen LogP contribution is -2.67. The van der Waals surface area contributed by atoms with Gasteiger partial charge in [0.1, 0.15) is 7.28 Å². The zero-order valence-electron chi connectivity index (χ0n) is 14.0. The molecule has 3 heterocycles. The first-order valence-corrected chi connectivity index (χ1v) is 8.69. The van der Waals surface area contributed by atoms with Gasteiger partial charge in [0.15, 0.2) is 0 Å². The first-order chi connectivity index (χ1) is 9.51. The first-order valence-electron chi connectivity index (χ1n) is 8.69. The summed E-state index contributed by atoms with van der Waals surface area (Å²) in [7, 11) is 5.04. The van der Waals surface area contributed by atoms with Crippen LogP contribution in [0.4, 0.5) is 0 Å². The Morgan fingerprint density at radius 2 is 1.80 bits per heavy atom. The first kappa shape index (κ1) is 14.9. The van der Waals surface area contributed by atoms with Gasteiger partial charge in [0.05, 0.1) is 18.8 Å². The van der Waals surface area contributed by atoms with Gasteiger partial charge in [0, 0.05) is 6.04 Å². The minimum atomic E-state index is 0.410. The van der Waals surface area contributed by atoms with Crippen molar-refractivity contribution in [1.82, 2.24) is 4.90 Å². The summed E-state index contributed by atoms with van der Waals surface area (Å²) >= 11 is 0. The third-order valence-electron chi connectivity index (χ3n) is 7.10. The molecule has 0 aromatic heterocycles. The third-order valence-corrected chi connectivity index (χ3v) is 7.10. The second kappa shape index (κ2) is 4.74. The van der Waals surface area contributed by atoms with Gasteiger partial charge in [-0.15, -0.1) is 0 Å². The minimum absolute atomic E-state index is 0.410. The van der Waals surface area contributed by atoms with Gasteiger partial charge in [0.25, 0.3) is 0 Å². The maximum absolute atomic E-state index is 5.53. The molecule has 1 radical (unpaired) electrons. The summed E-state index contributed by atoms with van der Waals surface area (Å²) in [5.74, 6) is 0.890. The second-order valence-electron chi connectivity index (χ2n) is 7.78. The average molecular weight is 276 g/mol. The van der Waals surface area contributed by atoms with Crippen LogP contribution in [0.15, 0.2) is 0 Å². The van der Waals surface area contributed by atoms with Gasteiger partial charge in [0.2, 0.25) is 0 Å². The van der Waals surface area contributed by atoms with Gasteiger partial charge >= 0.3 is 0 Å². The molecule has 4 unspecified atom stereocenters. The van der Waals surface area contributed by atoms with E-state index in [9.17, 15) is 0 Å². The smallest absolute Gasteiger partial charge is 0.125 e. The highest BCUT2D eigenvalue weighted by Gasteiger charge is 2.68. The highest BCUT2D eigenvalue weighted by molar-refractivity contribution is 6.59. The molecule has 4 aliphatic rings. The van der Waals surface area contributed by atoms with Gasteiger partial charge in [-0.2, -0.15) is 0 Å². The molecule has 3 saturated heterocycles. The maximum atomic E-state index is 5.53. The Balaban J connectivity index is 0.000000581. The predicted octanol–water partition coefficient (Wildman–Crippen LogP) is 3.75. The minimum Gasteiger partial charge on any atom is -0.377 e. The highest BCUT2D eigenvalue weighted by Crippen LogP contribution is 2.78. The fourth-order valence-electron chi connectivity index (χ4n) is 5.37. The Labute approximate surface area is 125 Å². The van der Waals surface area contributed by atoms with Crippen molar-refractivity contribution in [3.63, 3.8) is 0 Å². The van der Waals surface area contributed by atoms with Gasteiger partial charge < -0.3 is 4.74 Å². The number of nitrogens with zero attached hydrogens (tertiary/aromatic N) is 1. The highest BCUT2D eigenvalue weighted by atomic mass is 16.5. The Bertz CT molecular complexity index is 383. The van der Waals surface area contributed by atoms with E-state index in [4.69, 9.17) is 4.74 Å². The number of rotatable bonds is 0. The topological polar surface area (TPSA) is 12.5 Å². The normalized spacial score (nSPS) is 48.6. The van der Waals surface area contributed by atoms with Crippen LogP contribution in [0.1, 0.15) is 59.8 Å². The molecule has 4 atom stereocenters. The summed E-state index contributed by atoms with van der Waals surface area (Å²) < 4.78 is 5.53. The third kappa shape index (κ3) is 1.78. The number of ether oxygens (including phenoxy) is 1. The molecule has 3 aliphatic heterocycles. The molecule has 20 heavy (non-hydrogen) atoms. The van der Waals surface area contributed by atoms with Crippen molar-refractivity contribution in [1.29, 1.82) is 0 Å². The lowest BCUT2D eigenvalue weighted by molar-refractivity contribution is -0.176. The summed E-state index contributed by atoms with van der Waals surface area (Å²) in [6.45, 7) is 11.0. The molecular formula is C17H31BNO. The summed E-state index contributed by atoms with van der Waals surface area (Å²) in [5, 5.41) is 1.07. The van der Waals surface area contributed by atoms with E-state index < -0.39 is 0 Å². The quantitative estimate of drug-likeness (QED) is 0.625. The van der Waals surface area contributed by atoms with Crippen LogP contribution in [0.25, 0.3) is 0 Å². The largest absolute Gasteiger partial charge is 0.377 e. The average Bonchev–Trinajstić information content (AvgIpc) is 2.96. The number of hydrogen-bond acceptors (Lipinski definition) is 2. The lowest BCUT2D eigenvalue weighted by atomic mass is 9.66. The standard InChI is InChI=1S/C15H25BNO.C2H6/c1-13-7-4-5-12-11(14(13,2)16-13)6-8-15(17(12)3)9-18-10-15;1-2/h11-12H,4-10H2,1-3H3;1-2H3. The van der Waals surface area contributed by atoms with Crippen LogP contribution in [-0.2, 0) is 4.74 Å². The summed E-state index contributed by atoms with van der Waals surface area (Å²) in [6, 6.07) is 0.799. The molecule has 0 aromatic rings. The number of hydrogen-bond donors (Lipinski definition) is 0. The molecule has 1 aliphatic carbocycles. The predicted molar refractivity (Wildman–Crippen MR) is 85.5 cm³/mol. The van der Waals surface area contributed by atoms with E-state index in [1.165, 1.54) is 32.1 Å². The Morgan fingerprint density at radius 1 is 1.10 bits per heavy atom. The molecule has 4 rings (SSSR count). The molecule has 0 N–H and O–H groups in total. The van der Waals surface area contributed by atoms with Crippen LogP contribution in [0.2, 0.25) is 10.6 Å². The van der Waals surface area contributed by atoms with E-state index in [2.05, 4.69) is 33.1 Å². The lowest BCUT2D eigenvalue weighted by Gasteiger charge is -2.58. The van der Waals surface area contributed by atoms with E-state index in [-0.39, 0.29) is 0 Å². The molecule has 4 fully saturated rings. The van der Waals surface area contributed by atoms with Gasteiger partial charge in [-0.3, -0.25) is 4.90 Å². The van der Waals surface area contributed by atoms with Crippen molar-refractivity contribution in [2.75, 3.05) is 20.3 Å². The molecule has 0 amide bonds. The van der Waals surface area contributed by atoms with Crippen molar-refractivity contribution in [2.45, 2.75) is 82.0 Å². The number of likely N-dealkylation sites (N-methyl/N-ethyl adjacent to an activating group) is 1. The van der Waals surface area contributed by atoms with E-state index in [0.717, 1.165) is 25.2 Å². The van der Waals surface area contributed by atoms with E-state index >= 15 is 0 Å². The second-order valence-corrected chi connectivity index (χ2v) is 7.78. The van der Waals surface area contributed by atoms with E-state index in [1.807, 2.05) is 13.8 Å². The van der Waals surface area contributed by atoms with Crippen LogP contribution in [-0.4, -0.2) is 44.0 Å². The maximum Gasteiger partial charge on any atom is 0.125 e. The molecular weight excluding hydrogens is 245 g/mol. The Hall–Kier alpha value is -0.0151. The zero-order valence-corrected chi connectivity index (χ0v) is 14.0. The number of fused-ring (bicyclic) bond motifs is 3. The fraction of sp³-hybridized carbons (Fsp3) is 1.00. The van der Waals surface area contributed by atoms with Crippen LogP contribution in [0.5, 0.6) is 0 Å². The Kier molecular flexibility index (Phi) is 3.53. The van der Waals surface area contributed by atoms with E-state index in [0.29, 0.717) is 16.2 Å². The number of likely N-dealkylation sites (tertiary alicyclic amines) is 1. The molecule has 1 spiro atoms. The molecule has 113 valence electrons. The van der Waals surface area contributed by atoms with Gasteiger partial charge in [-0.25, -0.2) is 0 Å². The number of piperidine rings is 1. The van der Waals surface area contributed by atoms with Crippen LogP contribution >= 0.6 is 0 Å². The van der Waals surface area contributed by atoms with Crippen molar-refractivity contribution in [3.8, 4) is 0 Å². The summed E-state index contributed by atoms with van der Waals surface area (Å²) in [6.07, 6.45) is 6.99. The SMILES string of the molecule is CC.CN1C2CCCC3(C)[B]C3(C)C2CCC12COC2. The monoisotopic (exact) mass is 276 g/mol. The van der Waals surface area contributed by atoms with Crippen molar-refractivity contribution < 1.29 is 4.74 Å². The van der Waals surface area contributed by atoms with Crippen LogP contribution in [0.3, 0.4) is 0 Å². The zero-order chi connectivity index (χ0) is 14.6. The molecule has 2 nitrogen and oxygen atoms in total. The van der Waals surface area contributed by atoms with Gasteiger partial charge in [-0.1, -0.05) is 51.2 Å². The molecule has 3 heteroatoms. The molecule has 0 aromatic carbocycles. The summed E-state index contributed by atoms with van der Waals surface area (Å²) in [5.41, 5.74) is 0.410. The molecule has 1 saturated carbocycles. The van der Waals surface area contributed by atoms with Crippen molar-refractivity contribution >= 4 is 7.28 Å². The molecule has 0 bridgehead atoms. The van der Waals surface area contributed by atoms with Gasteiger partial charge in [-0.05, 0) is 32.2 Å². The van der Waals surface area contributed by atoms with Crippen molar-refractivity contribution in [2.24, 2.45) is 5.92 Å². The van der Waals surface area contributed by atoms with Crippen LogP contribution < -0.4 is 0 Å². The van der Waals surface area contributed by atoms with Crippen LogP contribution in [0, 0.1) is 5.92 Å². The summed E-state index contributed by atoms with van der Waals surface area (Å²) in [4.78, 5) is 2.72. The Morgan fingerprint density at radius 3 is 2.40 bits per heavy atom.